The van der Waals surface area contributed by atoms with Crippen LogP contribution < -0.4 is 5.32 Å². The van der Waals surface area contributed by atoms with E-state index in [1.54, 1.807) is 0 Å². The molecular weight excluding hydrogens is 202 g/mol. The summed E-state index contributed by atoms with van der Waals surface area (Å²) in [7, 11) is 0. The van der Waals surface area contributed by atoms with Gasteiger partial charge in [0, 0.05) is 10.8 Å². The first-order valence-corrected chi connectivity index (χ1v) is 7.35. The molecule has 2 rings (SSSR count). The highest BCUT2D eigenvalue weighted by atomic mass is 32.2. The van der Waals surface area contributed by atoms with E-state index in [0.29, 0.717) is 0 Å². The molecule has 0 aromatic heterocycles. The summed E-state index contributed by atoms with van der Waals surface area (Å²) in [4.78, 5) is 0. The average molecular weight is 227 g/mol. The minimum Gasteiger partial charge on any atom is -0.312 e. The lowest BCUT2D eigenvalue weighted by Crippen LogP contribution is -2.38. The van der Waals surface area contributed by atoms with Gasteiger partial charge in [-0.1, -0.05) is 6.92 Å². The summed E-state index contributed by atoms with van der Waals surface area (Å²) in [6.45, 7) is 10.5. The first kappa shape index (κ1) is 11.8. The Hall–Kier alpha value is 0.310. The first-order chi connectivity index (χ1) is 6.94. The van der Waals surface area contributed by atoms with Crippen LogP contribution in [0.15, 0.2) is 0 Å². The van der Waals surface area contributed by atoms with Gasteiger partial charge in [0.2, 0.25) is 0 Å². The molecule has 1 aliphatic heterocycles. The highest BCUT2D eigenvalue weighted by Gasteiger charge is 2.57. The third-order valence-corrected chi connectivity index (χ3v) is 5.62. The van der Waals surface area contributed by atoms with Gasteiger partial charge in [0.15, 0.2) is 0 Å². The van der Waals surface area contributed by atoms with E-state index >= 15 is 0 Å². The molecule has 1 N–H and O–H groups in total. The van der Waals surface area contributed by atoms with Gasteiger partial charge in [0.25, 0.3) is 0 Å². The number of nitrogens with one attached hydrogen (secondary N) is 1. The molecule has 3 atom stereocenters. The van der Waals surface area contributed by atoms with Crippen molar-refractivity contribution in [1.82, 2.24) is 5.32 Å². The van der Waals surface area contributed by atoms with Crippen LogP contribution in [0, 0.1) is 11.3 Å². The summed E-state index contributed by atoms with van der Waals surface area (Å²) in [6, 6.07) is 0. The fourth-order valence-corrected chi connectivity index (χ4v) is 4.34. The van der Waals surface area contributed by atoms with Crippen molar-refractivity contribution in [2.24, 2.45) is 11.3 Å². The van der Waals surface area contributed by atoms with E-state index in [4.69, 9.17) is 0 Å². The molecule has 1 heterocycles. The van der Waals surface area contributed by atoms with Crippen molar-refractivity contribution in [2.75, 3.05) is 12.3 Å². The lowest BCUT2D eigenvalue weighted by atomic mass is 9.93. The lowest BCUT2D eigenvalue weighted by Gasteiger charge is -2.30. The molecule has 0 aromatic rings. The van der Waals surface area contributed by atoms with Crippen LogP contribution in [0.1, 0.15) is 47.0 Å². The number of hydrogen-bond acceptors (Lipinski definition) is 2. The molecule has 0 bridgehead atoms. The molecule has 0 radical (unpaired) electrons. The van der Waals surface area contributed by atoms with Crippen LogP contribution in [-0.4, -0.2) is 23.1 Å². The maximum absolute atomic E-state index is 3.67. The van der Waals surface area contributed by atoms with E-state index < -0.39 is 0 Å². The Morgan fingerprint density at radius 1 is 1.40 bits per heavy atom. The van der Waals surface area contributed by atoms with Crippen molar-refractivity contribution in [3.8, 4) is 0 Å². The second kappa shape index (κ2) is 3.96. The topological polar surface area (TPSA) is 12.0 Å². The summed E-state index contributed by atoms with van der Waals surface area (Å²) in [5.41, 5.74) is 1.01. The van der Waals surface area contributed by atoms with Gasteiger partial charge in [0.05, 0.1) is 0 Å². The number of hydrogen-bond donors (Lipinski definition) is 1. The van der Waals surface area contributed by atoms with Gasteiger partial charge in [-0.15, -0.1) is 0 Å². The molecule has 2 fully saturated rings. The van der Waals surface area contributed by atoms with Crippen LogP contribution in [0.2, 0.25) is 0 Å². The Labute approximate surface area is 98.8 Å². The molecule has 1 saturated heterocycles. The normalized spacial score (nSPS) is 40.8. The largest absolute Gasteiger partial charge is 0.312 e. The van der Waals surface area contributed by atoms with Gasteiger partial charge in [-0.2, -0.15) is 11.8 Å². The zero-order valence-corrected chi connectivity index (χ0v) is 11.4. The number of rotatable bonds is 2. The second-order valence-corrected chi connectivity index (χ2v) is 7.83. The molecule has 0 amide bonds. The summed E-state index contributed by atoms with van der Waals surface area (Å²) in [5, 5.41) is 4.57. The first-order valence-electron chi connectivity index (χ1n) is 6.31. The average Bonchev–Trinajstić information content (AvgIpc) is 2.82. The Morgan fingerprint density at radius 3 is 2.73 bits per heavy atom. The van der Waals surface area contributed by atoms with Crippen molar-refractivity contribution in [1.29, 1.82) is 0 Å². The molecule has 1 saturated carbocycles. The molecule has 1 nitrogen and oxygen atoms in total. The van der Waals surface area contributed by atoms with E-state index in [1.165, 1.54) is 31.6 Å². The molecule has 1 spiro atoms. The van der Waals surface area contributed by atoms with Gasteiger partial charge < -0.3 is 5.32 Å². The van der Waals surface area contributed by atoms with Gasteiger partial charge in [-0.3, -0.25) is 0 Å². The fraction of sp³-hybridized carbons (Fsp3) is 1.00. The minimum absolute atomic E-state index is 0.287. The number of thioether (sulfide) groups is 1. The van der Waals surface area contributed by atoms with E-state index in [9.17, 15) is 0 Å². The third kappa shape index (κ3) is 2.52. The maximum Gasteiger partial charge on any atom is 0.00966 e. The smallest absolute Gasteiger partial charge is 0.00966 e. The van der Waals surface area contributed by atoms with Crippen molar-refractivity contribution in [2.45, 2.75) is 57.7 Å². The van der Waals surface area contributed by atoms with Crippen molar-refractivity contribution < 1.29 is 0 Å². The molecular formula is C13H25NS. The molecule has 15 heavy (non-hydrogen) atoms. The van der Waals surface area contributed by atoms with Gasteiger partial charge >= 0.3 is 0 Å². The zero-order valence-electron chi connectivity index (χ0n) is 10.6. The summed E-state index contributed by atoms with van der Waals surface area (Å²) >= 11 is 2.20. The fourth-order valence-electron chi connectivity index (χ4n) is 2.94. The Bertz CT molecular complexity index is 233. The predicted molar refractivity (Wildman–Crippen MR) is 69.4 cm³/mol. The Balaban J connectivity index is 1.83. The van der Waals surface area contributed by atoms with Crippen LogP contribution in [0.5, 0.6) is 0 Å². The van der Waals surface area contributed by atoms with Crippen LogP contribution in [0.25, 0.3) is 0 Å². The van der Waals surface area contributed by atoms with E-state index in [2.05, 4.69) is 44.8 Å². The summed E-state index contributed by atoms with van der Waals surface area (Å²) in [6.07, 6.45) is 4.41. The maximum atomic E-state index is 3.67. The predicted octanol–water partition coefficient (Wildman–Crippen LogP) is 3.30. The molecule has 0 aromatic carbocycles. The van der Waals surface area contributed by atoms with E-state index in [0.717, 1.165) is 16.6 Å². The van der Waals surface area contributed by atoms with Crippen LogP contribution in [0.3, 0.4) is 0 Å². The highest BCUT2D eigenvalue weighted by molar-refractivity contribution is 7.99. The SMILES string of the molecule is CC1SCCCC12CC2CNC(C)(C)C. The van der Waals surface area contributed by atoms with Crippen LogP contribution in [-0.2, 0) is 0 Å². The molecule has 1 aliphatic carbocycles. The lowest BCUT2D eigenvalue weighted by molar-refractivity contribution is 0.354. The highest BCUT2D eigenvalue weighted by Crippen LogP contribution is 2.63. The molecule has 2 heteroatoms. The monoisotopic (exact) mass is 227 g/mol. The summed E-state index contributed by atoms with van der Waals surface area (Å²) < 4.78 is 0. The van der Waals surface area contributed by atoms with Gasteiger partial charge in [0.1, 0.15) is 0 Å². The second-order valence-electron chi connectivity index (χ2n) is 6.38. The standard InChI is InChI=1S/C13H25NS/c1-10-13(6-5-7-15-10)8-11(13)9-14-12(2,3)4/h10-11,14H,5-9H2,1-4H3. The van der Waals surface area contributed by atoms with Crippen LogP contribution >= 0.6 is 11.8 Å². The molecule has 88 valence electrons. The van der Waals surface area contributed by atoms with E-state index in [1.807, 2.05) is 0 Å². The minimum atomic E-state index is 0.287. The van der Waals surface area contributed by atoms with Gasteiger partial charge in [-0.05, 0) is 63.7 Å². The van der Waals surface area contributed by atoms with E-state index in [-0.39, 0.29) is 5.54 Å². The summed E-state index contributed by atoms with van der Waals surface area (Å²) in [5.74, 6) is 2.35. The molecule has 3 unspecified atom stereocenters. The van der Waals surface area contributed by atoms with Crippen molar-refractivity contribution >= 4 is 11.8 Å². The molecule has 2 aliphatic rings. The Kier molecular flexibility index (Phi) is 3.11. The van der Waals surface area contributed by atoms with Crippen molar-refractivity contribution in [3.63, 3.8) is 0 Å². The van der Waals surface area contributed by atoms with Crippen LogP contribution in [0.4, 0.5) is 0 Å². The van der Waals surface area contributed by atoms with Crippen molar-refractivity contribution in [3.05, 3.63) is 0 Å². The zero-order chi connectivity index (χ0) is 11.1. The third-order valence-electron chi connectivity index (χ3n) is 4.12. The quantitative estimate of drug-likeness (QED) is 0.777. The van der Waals surface area contributed by atoms with Gasteiger partial charge in [-0.25, -0.2) is 0 Å². The Morgan fingerprint density at radius 2 is 2.13 bits per heavy atom.